The molecule has 1 unspecified atom stereocenters. The van der Waals surface area contributed by atoms with E-state index < -0.39 is 0 Å². The molecule has 0 aliphatic carbocycles. The van der Waals surface area contributed by atoms with Crippen molar-refractivity contribution in [3.05, 3.63) is 24.2 Å². The highest BCUT2D eigenvalue weighted by Gasteiger charge is 2.38. The van der Waals surface area contributed by atoms with E-state index in [0.29, 0.717) is 0 Å². The quantitative estimate of drug-likeness (QED) is 0.830. The summed E-state index contributed by atoms with van der Waals surface area (Å²) in [5.41, 5.74) is 1.54. The summed E-state index contributed by atoms with van der Waals surface area (Å²) in [4.78, 5) is 5.06. The van der Waals surface area contributed by atoms with Gasteiger partial charge < -0.3 is 13.9 Å². The van der Waals surface area contributed by atoms with Crippen molar-refractivity contribution in [1.29, 1.82) is 0 Å². The molecule has 0 amide bonds. The van der Waals surface area contributed by atoms with Crippen LogP contribution in [0.3, 0.4) is 0 Å². The lowest BCUT2D eigenvalue weighted by atomic mass is 9.80. The van der Waals surface area contributed by atoms with Crippen LogP contribution in [-0.4, -0.2) is 69.5 Å². The van der Waals surface area contributed by atoms with E-state index in [1.807, 2.05) is 6.26 Å². The van der Waals surface area contributed by atoms with E-state index in [4.69, 9.17) is 13.9 Å². The van der Waals surface area contributed by atoms with Crippen molar-refractivity contribution >= 4 is 0 Å². The molecule has 1 atom stereocenters. The summed E-state index contributed by atoms with van der Waals surface area (Å²) in [6.45, 7) is 8.94. The minimum atomic E-state index is 0.270. The predicted octanol–water partition coefficient (Wildman–Crippen LogP) is 1.84. The number of ether oxygens (including phenoxy) is 2. The third kappa shape index (κ3) is 4.10. The summed E-state index contributed by atoms with van der Waals surface area (Å²) in [6, 6.07) is 2.07. The smallest absolute Gasteiger partial charge is 0.0947 e. The second-order valence-electron chi connectivity index (χ2n) is 6.77. The number of hydrogen-bond donors (Lipinski definition) is 0. The van der Waals surface area contributed by atoms with Gasteiger partial charge in [0.25, 0.3) is 0 Å². The monoisotopic (exact) mass is 308 g/mol. The Morgan fingerprint density at radius 1 is 1.27 bits per heavy atom. The van der Waals surface area contributed by atoms with Crippen molar-refractivity contribution in [3.63, 3.8) is 0 Å². The van der Waals surface area contributed by atoms with E-state index in [2.05, 4.69) is 15.9 Å². The average molecular weight is 308 g/mol. The van der Waals surface area contributed by atoms with Crippen LogP contribution >= 0.6 is 0 Å². The molecule has 0 bridgehead atoms. The van der Waals surface area contributed by atoms with Crippen LogP contribution in [0.2, 0.25) is 0 Å². The highest BCUT2D eigenvalue weighted by atomic mass is 16.5. The SMILES string of the molecule is COCCN1CCOCC2(CCCN(Cc3ccoc3)C2)C1. The van der Waals surface area contributed by atoms with Gasteiger partial charge in [0.15, 0.2) is 0 Å². The van der Waals surface area contributed by atoms with Gasteiger partial charge >= 0.3 is 0 Å². The van der Waals surface area contributed by atoms with Crippen molar-refractivity contribution in [1.82, 2.24) is 9.80 Å². The first-order valence-electron chi connectivity index (χ1n) is 8.32. The van der Waals surface area contributed by atoms with Crippen LogP contribution in [0.15, 0.2) is 23.0 Å². The number of rotatable bonds is 5. The van der Waals surface area contributed by atoms with Crippen LogP contribution in [0.4, 0.5) is 0 Å². The Hall–Kier alpha value is -0.880. The fraction of sp³-hybridized carbons (Fsp3) is 0.765. The second-order valence-corrected chi connectivity index (χ2v) is 6.77. The Morgan fingerprint density at radius 3 is 3.00 bits per heavy atom. The van der Waals surface area contributed by atoms with Crippen molar-refractivity contribution < 1.29 is 13.9 Å². The molecule has 2 aliphatic rings. The number of nitrogens with zero attached hydrogens (tertiary/aromatic N) is 2. The normalized spacial score (nSPS) is 28.0. The first kappa shape index (κ1) is 16.0. The number of hydrogen-bond acceptors (Lipinski definition) is 5. The molecule has 2 fully saturated rings. The number of methoxy groups -OCH3 is 1. The topological polar surface area (TPSA) is 38.1 Å². The molecule has 124 valence electrons. The zero-order valence-corrected chi connectivity index (χ0v) is 13.6. The summed E-state index contributed by atoms with van der Waals surface area (Å²) in [6.07, 6.45) is 6.13. The lowest BCUT2D eigenvalue weighted by Gasteiger charge is -2.43. The van der Waals surface area contributed by atoms with Crippen molar-refractivity contribution in [3.8, 4) is 0 Å². The molecule has 0 aromatic carbocycles. The molecular weight excluding hydrogens is 280 g/mol. The minimum absolute atomic E-state index is 0.270. The Kier molecular flexibility index (Phi) is 5.52. The summed E-state index contributed by atoms with van der Waals surface area (Å²) in [5, 5.41) is 0. The van der Waals surface area contributed by atoms with Gasteiger partial charge in [-0.15, -0.1) is 0 Å². The average Bonchev–Trinajstić information content (AvgIpc) is 2.94. The number of piperidine rings is 1. The van der Waals surface area contributed by atoms with Crippen molar-refractivity contribution in [2.24, 2.45) is 5.41 Å². The van der Waals surface area contributed by atoms with Gasteiger partial charge in [0.1, 0.15) is 0 Å². The Bertz CT molecular complexity index is 437. The first-order chi connectivity index (χ1) is 10.8. The van der Waals surface area contributed by atoms with Crippen LogP contribution in [0.1, 0.15) is 18.4 Å². The molecule has 0 radical (unpaired) electrons. The summed E-state index contributed by atoms with van der Waals surface area (Å²) >= 11 is 0. The van der Waals surface area contributed by atoms with Crippen LogP contribution in [0, 0.1) is 5.41 Å². The van der Waals surface area contributed by atoms with E-state index in [0.717, 1.165) is 52.5 Å². The maximum atomic E-state index is 5.95. The zero-order valence-electron chi connectivity index (χ0n) is 13.6. The van der Waals surface area contributed by atoms with Gasteiger partial charge in [-0.1, -0.05) is 0 Å². The van der Waals surface area contributed by atoms with Crippen LogP contribution in [-0.2, 0) is 16.0 Å². The lowest BCUT2D eigenvalue weighted by Crippen LogP contribution is -2.50. The fourth-order valence-electron chi connectivity index (χ4n) is 3.83. The number of likely N-dealkylation sites (tertiary alicyclic amines) is 1. The first-order valence-corrected chi connectivity index (χ1v) is 8.32. The van der Waals surface area contributed by atoms with Gasteiger partial charge in [-0.2, -0.15) is 0 Å². The molecule has 5 heteroatoms. The van der Waals surface area contributed by atoms with E-state index in [1.165, 1.54) is 24.9 Å². The molecule has 1 spiro atoms. The summed E-state index contributed by atoms with van der Waals surface area (Å²) < 4.78 is 16.4. The second kappa shape index (κ2) is 7.59. The molecule has 22 heavy (non-hydrogen) atoms. The molecule has 1 aromatic rings. The molecule has 0 saturated carbocycles. The Morgan fingerprint density at radius 2 is 2.18 bits per heavy atom. The lowest BCUT2D eigenvalue weighted by molar-refractivity contribution is 0.00159. The molecule has 2 saturated heterocycles. The van der Waals surface area contributed by atoms with Crippen LogP contribution < -0.4 is 0 Å². The van der Waals surface area contributed by atoms with Gasteiger partial charge in [-0.25, -0.2) is 0 Å². The predicted molar refractivity (Wildman–Crippen MR) is 84.8 cm³/mol. The van der Waals surface area contributed by atoms with Gasteiger partial charge in [0, 0.05) is 50.8 Å². The fourth-order valence-corrected chi connectivity index (χ4v) is 3.83. The van der Waals surface area contributed by atoms with E-state index in [9.17, 15) is 0 Å². The minimum Gasteiger partial charge on any atom is -0.472 e. The van der Waals surface area contributed by atoms with E-state index >= 15 is 0 Å². The zero-order chi connectivity index (χ0) is 15.3. The maximum Gasteiger partial charge on any atom is 0.0947 e. The molecular formula is C17H28N2O3. The third-order valence-electron chi connectivity index (χ3n) is 4.86. The number of furan rings is 1. The van der Waals surface area contributed by atoms with Gasteiger partial charge in [0.2, 0.25) is 0 Å². The molecule has 3 heterocycles. The van der Waals surface area contributed by atoms with Gasteiger partial charge in [-0.05, 0) is 25.5 Å². The van der Waals surface area contributed by atoms with E-state index in [-0.39, 0.29) is 5.41 Å². The summed E-state index contributed by atoms with van der Waals surface area (Å²) in [5.74, 6) is 0. The standard InChI is InChI=1S/C17H28N2O3/c1-20-9-6-18-7-10-22-15-17(13-18)4-2-5-19(14-17)11-16-3-8-21-12-16/h3,8,12H,2,4-7,9-11,13-15H2,1H3. The Balaban J connectivity index is 1.62. The summed E-state index contributed by atoms with van der Waals surface area (Å²) in [7, 11) is 1.78. The third-order valence-corrected chi connectivity index (χ3v) is 4.86. The Labute approximate surface area is 133 Å². The van der Waals surface area contributed by atoms with E-state index in [1.54, 1.807) is 13.4 Å². The van der Waals surface area contributed by atoms with Crippen molar-refractivity contribution in [2.45, 2.75) is 19.4 Å². The van der Waals surface area contributed by atoms with Crippen LogP contribution in [0.5, 0.6) is 0 Å². The molecule has 1 aromatic heterocycles. The highest BCUT2D eigenvalue weighted by Crippen LogP contribution is 2.33. The largest absolute Gasteiger partial charge is 0.472 e. The molecule has 2 aliphatic heterocycles. The van der Waals surface area contributed by atoms with Crippen molar-refractivity contribution in [2.75, 3.05) is 59.7 Å². The molecule has 3 rings (SSSR count). The highest BCUT2D eigenvalue weighted by molar-refractivity contribution is 5.05. The van der Waals surface area contributed by atoms with Gasteiger partial charge in [-0.3, -0.25) is 9.80 Å². The van der Waals surface area contributed by atoms with Crippen LogP contribution in [0.25, 0.3) is 0 Å². The maximum absolute atomic E-state index is 5.95. The molecule has 0 N–H and O–H groups in total. The molecule has 5 nitrogen and oxygen atoms in total. The van der Waals surface area contributed by atoms with Gasteiger partial charge in [0.05, 0.1) is 32.3 Å².